The number of benzene rings is 1. The Bertz CT molecular complexity index is 718. The molecule has 1 aromatic rings. The summed E-state index contributed by atoms with van der Waals surface area (Å²) in [5, 5.41) is 3.03. The maximum atomic E-state index is 12.8. The molecule has 0 unspecified atom stereocenters. The number of rotatable bonds is 4. The Morgan fingerprint density at radius 2 is 2.00 bits per heavy atom. The van der Waals surface area contributed by atoms with E-state index < -0.39 is 0 Å². The normalized spacial score (nSPS) is 18.4. The predicted molar refractivity (Wildman–Crippen MR) is 99.6 cm³/mol. The van der Waals surface area contributed by atoms with Gasteiger partial charge in [0.15, 0.2) is 0 Å². The summed E-state index contributed by atoms with van der Waals surface area (Å²) >= 11 is 0. The third kappa shape index (κ3) is 3.61. The zero-order valence-corrected chi connectivity index (χ0v) is 15.4. The Labute approximate surface area is 149 Å². The summed E-state index contributed by atoms with van der Waals surface area (Å²) in [4.78, 5) is 29.5. The Balaban J connectivity index is 1.80. The van der Waals surface area contributed by atoms with E-state index in [1.165, 1.54) is 0 Å². The molecule has 5 heteroatoms. The van der Waals surface area contributed by atoms with E-state index in [4.69, 9.17) is 0 Å². The highest BCUT2D eigenvalue weighted by Gasteiger charge is 2.32. The van der Waals surface area contributed by atoms with Crippen LogP contribution in [-0.2, 0) is 11.3 Å². The van der Waals surface area contributed by atoms with Gasteiger partial charge < -0.3 is 15.1 Å². The monoisotopic (exact) mass is 341 g/mol. The molecule has 3 rings (SSSR count). The van der Waals surface area contributed by atoms with Gasteiger partial charge in [-0.15, -0.1) is 0 Å². The first-order valence-electron chi connectivity index (χ1n) is 8.92. The average molecular weight is 341 g/mol. The van der Waals surface area contributed by atoms with Crippen LogP contribution in [0, 0.1) is 12.8 Å². The van der Waals surface area contributed by atoms with E-state index in [1.807, 2.05) is 26.0 Å². The zero-order valence-electron chi connectivity index (χ0n) is 15.4. The van der Waals surface area contributed by atoms with Crippen molar-refractivity contribution in [3.63, 3.8) is 0 Å². The summed E-state index contributed by atoms with van der Waals surface area (Å²) in [6.45, 7) is 10.9. The maximum Gasteiger partial charge on any atom is 0.256 e. The minimum atomic E-state index is -0.0135. The molecule has 0 aromatic heterocycles. The van der Waals surface area contributed by atoms with Crippen LogP contribution in [0.2, 0.25) is 0 Å². The van der Waals surface area contributed by atoms with Crippen molar-refractivity contribution in [2.75, 3.05) is 32.0 Å². The van der Waals surface area contributed by atoms with Crippen LogP contribution in [0.25, 0.3) is 0 Å². The molecule has 0 bridgehead atoms. The smallest absolute Gasteiger partial charge is 0.256 e. The number of nitrogens with zero attached hydrogens (tertiary/aromatic N) is 2. The number of carbonyl (C=O) groups is 2. The molecule has 0 atom stereocenters. The van der Waals surface area contributed by atoms with Crippen LogP contribution in [0.4, 0.5) is 5.69 Å². The molecular weight excluding hydrogens is 314 g/mol. The highest BCUT2D eigenvalue weighted by atomic mass is 16.2. The fourth-order valence-corrected chi connectivity index (χ4v) is 3.68. The van der Waals surface area contributed by atoms with E-state index in [0.717, 1.165) is 42.6 Å². The van der Waals surface area contributed by atoms with Crippen molar-refractivity contribution in [1.82, 2.24) is 9.80 Å². The van der Waals surface area contributed by atoms with Crippen molar-refractivity contribution in [2.24, 2.45) is 5.92 Å². The predicted octanol–water partition coefficient (Wildman–Crippen LogP) is 2.81. The Kier molecular flexibility index (Phi) is 4.95. The molecule has 5 nitrogen and oxygen atoms in total. The molecule has 0 saturated carbocycles. The molecule has 1 N–H and O–H groups in total. The van der Waals surface area contributed by atoms with Crippen molar-refractivity contribution in [3.8, 4) is 0 Å². The lowest BCUT2D eigenvalue weighted by Crippen LogP contribution is -2.36. The maximum absolute atomic E-state index is 12.8. The summed E-state index contributed by atoms with van der Waals surface area (Å²) in [5.41, 5.74) is 4.37. The van der Waals surface area contributed by atoms with Gasteiger partial charge in [-0.25, -0.2) is 0 Å². The standard InChI is InChI=1S/C20H27N3O2/c1-13(2)11-23-12-16-14(3)5-6-17(18(16)20(23)25)21-19(24)15-7-9-22(4)10-8-15/h5-6,15H,1,7-12H2,2-4H3,(H,21,24). The van der Waals surface area contributed by atoms with Crippen LogP contribution in [0.5, 0.6) is 0 Å². The molecule has 0 aliphatic carbocycles. The molecular formula is C20H27N3O2. The number of hydrogen-bond donors (Lipinski definition) is 1. The number of nitrogens with one attached hydrogen (secondary N) is 1. The van der Waals surface area contributed by atoms with E-state index in [1.54, 1.807) is 4.90 Å². The quantitative estimate of drug-likeness (QED) is 0.857. The minimum absolute atomic E-state index is 0.0135. The van der Waals surface area contributed by atoms with Gasteiger partial charge in [-0.2, -0.15) is 0 Å². The molecule has 2 aliphatic rings. The first kappa shape index (κ1) is 17.7. The number of anilines is 1. The van der Waals surface area contributed by atoms with E-state index in [9.17, 15) is 9.59 Å². The van der Waals surface area contributed by atoms with Gasteiger partial charge in [0.05, 0.1) is 11.3 Å². The van der Waals surface area contributed by atoms with Crippen molar-refractivity contribution < 1.29 is 9.59 Å². The average Bonchev–Trinajstić information content (AvgIpc) is 2.88. The van der Waals surface area contributed by atoms with Gasteiger partial charge in [-0.05, 0) is 64.0 Å². The lowest BCUT2D eigenvalue weighted by molar-refractivity contribution is -0.121. The van der Waals surface area contributed by atoms with E-state index >= 15 is 0 Å². The second-order valence-corrected chi connectivity index (χ2v) is 7.47. The van der Waals surface area contributed by atoms with Crippen LogP contribution in [0.1, 0.15) is 41.3 Å². The van der Waals surface area contributed by atoms with Gasteiger partial charge in [-0.1, -0.05) is 18.2 Å². The molecule has 2 aliphatic heterocycles. The molecule has 1 fully saturated rings. The number of carbonyl (C=O) groups excluding carboxylic acids is 2. The number of likely N-dealkylation sites (tertiary alicyclic amines) is 1. The summed E-state index contributed by atoms with van der Waals surface area (Å²) in [5.74, 6) is 0.0434. The lowest BCUT2D eigenvalue weighted by Gasteiger charge is -2.28. The number of hydrogen-bond acceptors (Lipinski definition) is 3. The van der Waals surface area contributed by atoms with E-state index in [-0.39, 0.29) is 17.7 Å². The first-order chi connectivity index (χ1) is 11.9. The van der Waals surface area contributed by atoms with Gasteiger partial charge in [0, 0.05) is 19.0 Å². The van der Waals surface area contributed by atoms with Gasteiger partial charge in [-0.3, -0.25) is 9.59 Å². The van der Waals surface area contributed by atoms with Gasteiger partial charge in [0.2, 0.25) is 5.91 Å². The number of aryl methyl sites for hydroxylation is 1. The fraction of sp³-hybridized carbons (Fsp3) is 0.500. The molecule has 0 radical (unpaired) electrons. The van der Waals surface area contributed by atoms with Crippen LogP contribution in [0.3, 0.4) is 0 Å². The van der Waals surface area contributed by atoms with Crippen molar-refractivity contribution >= 4 is 17.5 Å². The summed E-state index contributed by atoms with van der Waals surface area (Å²) in [7, 11) is 2.08. The molecule has 25 heavy (non-hydrogen) atoms. The van der Waals surface area contributed by atoms with Crippen molar-refractivity contribution in [1.29, 1.82) is 0 Å². The van der Waals surface area contributed by atoms with Gasteiger partial charge in [0.1, 0.15) is 0 Å². The third-order valence-corrected chi connectivity index (χ3v) is 5.21. The van der Waals surface area contributed by atoms with Crippen molar-refractivity contribution in [2.45, 2.75) is 33.2 Å². The molecule has 1 saturated heterocycles. The van der Waals surface area contributed by atoms with Crippen LogP contribution in [-0.4, -0.2) is 48.3 Å². The second-order valence-electron chi connectivity index (χ2n) is 7.47. The molecule has 2 heterocycles. The van der Waals surface area contributed by atoms with Gasteiger partial charge >= 0.3 is 0 Å². The number of piperidine rings is 1. The second kappa shape index (κ2) is 7.00. The Morgan fingerprint density at radius 1 is 1.32 bits per heavy atom. The largest absolute Gasteiger partial charge is 0.330 e. The number of amides is 2. The topological polar surface area (TPSA) is 52.7 Å². The molecule has 0 spiro atoms. The van der Waals surface area contributed by atoms with Crippen molar-refractivity contribution in [3.05, 3.63) is 41.0 Å². The summed E-state index contributed by atoms with van der Waals surface area (Å²) in [6, 6.07) is 3.85. The summed E-state index contributed by atoms with van der Waals surface area (Å²) in [6.07, 6.45) is 1.73. The molecule has 2 amide bonds. The van der Waals surface area contributed by atoms with Crippen LogP contribution >= 0.6 is 0 Å². The molecule has 1 aromatic carbocycles. The lowest BCUT2D eigenvalue weighted by atomic mass is 9.95. The molecule has 134 valence electrons. The minimum Gasteiger partial charge on any atom is -0.330 e. The third-order valence-electron chi connectivity index (χ3n) is 5.21. The van der Waals surface area contributed by atoms with Crippen LogP contribution < -0.4 is 5.32 Å². The van der Waals surface area contributed by atoms with E-state index in [2.05, 4.69) is 23.8 Å². The number of fused-ring (bicyclic) bond motifs is 1. The summed E-state index contributed by atoms with van der Waals surface area (Å²) < 4.78 is 0. The first-order valence-corrected chi connectivity index (χ1v) is 8.92. The fourth-order valence-electron chi connectivity index (χ4n) is 3.68. The zero-order chi connectivity index (χ0) is 18.1. The van der Waals surface area contributed by atoms with Gasteiger partial charge in [0.25, 0.3) is 5.91 Å². The Morgan fingerprint density at radius 3 is 2.64 bits per heavy atom. The highest BCUT2D eigenvalue weighted by Crippen LogP contribution is 2.33. The highest BCUT2D eigenvalue weighted by molar-refractivity contribution is 6.07. The van der Waals surface area contributed by atoms with E-state index in [0.29, 0.717) is 24.3 Å². The SMILES string of the molecule is C=C(C)CN1Cc2c(C)ccc(NC(=O)C3CCN(C)CC3)c2C1=O. The Hall–Kier alpha value is -2.14. The van der Waals surface area contributed by atoms with Crippen LogP contribution in [0.15, 0.2) is 24.3 Å².